The normalized spacial score (nSPS) is 10.6. The summed E-state index contributed by atoms with van der Waals surface area (Å²) >= 11 is 0. The Morgan fingerprint density at radius 3 is 2.32 bits per heavy atom. The molecule has 0 saturated carbocycles. The molecule has 0 aliphatic rings. The molecule has 0 radical (unpaired) electrons. The van der Waals surface area contributed by atoms with Gasteiger partial charge in [0.25, 0.3) is 5.91 Å². The number of furan rings is 1. The molecule has 188 valence electrons. The molecule has 10 heteroatoms. The summed E-state index contributed by atoms with van der Waals surface area (Å²) in [6.45, 7) is 0.0568. The number of hydrogen-bond acceptors (Lipinski definition) is 6. The van der Waals surface area contributed by atoms with Crippen LogP contribution in [-0.2, 0) is 11.3 Å². The summed E-state index contributed by atoms with van der Waals surface area (Å²) < 4.78 is 10.9. The van der Waals surface area contributed by atoms with Crippen LogP contribution in [0.3, 0.4) is 0 Å². The fourth-order valence-electron chi connectivity index (χ4n) is 3.38. The summed E-state index contributed by atoms with van der Waals surface area (Å²) in [6.07, 6.45) is 2.44. The Morgan fingerprint density at radius 2 is 1.62 bits per heavy atom. The van der Waals surface area contributed by atoms with Crippen molar-refractivity contribution in [3.8, 4) is 5.75 Å². The van der Waals surface area contributed by atoms with Crippen LogP contribution in [0.1, 0.15) is 37.8 Å². The second kappa shape index (κ2) is 11.7. The van der Waals surface area contributed by atoms with E-state index < -0.39 is 11.9 Å². The zero-order chi connectivity index (χ0) is 25.7. The number of nitrogens with one attached hydrogen (secondary N) is 2. The fourth-order valence-corrected chi connectivity index (χ4v) is 3.38. The Labute approximate surface area is 217 Å². The van der Waals surface area contributed by atoms with Crippen LogP contribution in [-0.4, -0.2) is 28.8 Å². The smallest absolute Gasteiger partial charge is 0.379 e. The molecule has 0 aliphatic heterocycles. The SMILES string of the molecule is Cl.N=C(N)c1ccc2cc(OC(=O)c3ccc(CNC(=O)c4ccc(/C=C/C(=O)O)cc4)o3)ccc2c1. The number of hydrogen-bond donors (Lipinski definition) is 4. The van der Waals surface area contributed by atoms with Crippen LogP contribution in [0.2, 0.25) is 0 Å². The van der Waals surface area contributed by atoms with E-state index in [1.165, 1.54) is 12.1 Å². The first-order valence-corrected chi connectivity index (χ1v) is 10.8. The molecule has 0 spiro atoms. The number of carboxylic acid groups (broad SMARTS) is 1. The molecule has 0 atom stereocenters. The number of carboxylic acids is 1. The number of amidine groups is 1. The van der Waals surface area contributed by atoms with E-state index in [1.54, 1.807) is 66.7 Å². The van der Waals surface area contributed by atoms with Crippen LogP contribution in [0.5, 0.6) is 5.75 Å². The van der Waals surface area contributed by atoms with Gasteiger partial charge in [-0.15, -0.1) is 12.4 Å². The van der Waals surface area contributed by atoms with Gasteiger partial charge in [-0.2, -0.15) is 0 Å². The van der Waals surface area contributed by atoms with Crippen molar-refractivity contribution in [3.05, 3.63) is 107 Å². The topological polar surface area (TPSA) is 156 Å². The van der Waals surface area contributed by atoms with Crippen LogP contribution < -0.4 is 15.8 Å². The van der Waals surface area contributed by atoms with Crippen molar-refractivity contribution < 1.29 is 28.6 Å². The van der Waals surface area contributed by atoms with Crippen LogP contribution >= 0.6 is 12.4 Å². The average Bonchev–Trinajstić information content (AvgIpc) is 3.35. The second-order valence-electron chi connectivity index (χ2n) is 7.77. The molecule has 0 aliphatic carbocycles. The molecular weight excluding hydrogens is 498 g/mol. The van der Waals surface area contributed by atoms with E-state index in [1.807, 2.05) is 0 Å². The number of aliphatic carboxylic acids is 1. The lowest BCUT2D eigenvalue weighted by Crippen LogP contribution is -2.22. The number of halogens is 1. The third-order valence-electron chi connectivity index (χ3n) is 5.21. The number of carbonyl (C=O) groups excluding carboxylic acids is 2. The number of nitrogens with two attached hydrogens (primary N) is 1. The highest BCUT2D eigenvalue weighted by atomic mass is 35.5. The molecule has 1 aromatic heterocycles. The van der Waals surface area contributed by atoms with Crippen LogP contribution in [0.15, 0.2) is 83.3 Å². The van der Waals surface area contributed by atoms with E-state index in [4.69, 9.17) is 25.4 Å². The largest absolute Gasteiger partial charge is 0.478 e. The van der Waals surface area contributed by atoms with E-state index in [0.29, 0.717) is 28.2 Å². The zero-order valence-corrected chi connectivity index (χ0v) is 20.1. The van der Waals surface area contributed by atoms with Gasteiger partial charge in [0.05, 0.1) is 6.54 Å². The number of amides is 1. The molecular formula is C27H22ClN3O6. The van der Waals surface area contributed by atoms with Crippen molar-refractivity contribution in [2.45, 2.75) is 6.54 Å². The van der Waals surface area contributed by atoms with Gasteiger partial charge in [-0.3, -0.25) is 10.2 Å². The van der Waals surface area contributed by atoms with Crippen LogP contribution in [0, 0.1) is 5.41 Å². The first-order valence-electron chi connectivity index (χ1n) is 10.8. The molecule has 1 amide bonds. The van der Waals surface area contributed by atoms with Gasteiger partial charge >= 0.3 is 11.9 Å². The van der Waals surface area contributed by atoms with E-state index in [9.17, 15) is 14.4 Å². The summed E-state index contributed by atoms with van der Waals surface area (Å²) in [6, 6.07) is 19.8. The summed E-state index contributed by atoms with van der Waals surface area (Å²) in [4.78, 5) is 35.5. The molecule has 9 nitrogen and oxygen atoms in total. The van der Waals surface area contributed by atoms with Gasteiger partial charge in [0.15, 0.2) is 0 Å². The van der Waals surface area contributed by atoms with E-state index >= 15 is 0 Å². The van der Waals surface area contributed by atoms with Crippen LogP contribution in [0.25, 0.3) is 16.8 Å². The minimum atomic E-state index is -1.06. The third-order valence-corrected chi connectivity index (χ3v) is 5.21. The number of benzene rings is 3. The molecule has 0 unspecified atom stereocenters. The van der Waals surface area contributed by atoms with Gasteiger partial charge in [0.2, 0.25) is 5.76 Å². The molecule has 4 aromatic rings. The molecule has 1 heterocycles. The highest BCUT2D eigenvalue weighted by Crippen LogP contribution is 2.23. The Morgan fingerprint density at radius 1 is 0.946 bits per heavy atom. The van der Waals surface area contributed by atoms with E-state index in [2.05, 4.69) is 5.32 Å². The summed E-state index contributed by atoms with van der Waals surface area (Å²) in [5.74, 6) is -1.44. The van der Waals surface area contributed by atoms with Crippen molar-refractivity contribution in [2.75, 3.05) is 0 Å². The zero-order valence-electron chi connectivity index (χ0n) is 19.3. The lowest BCUT2D eigenvalue weighted by atomic mass is 10.1. The van der Waals surface area contributed by atoms with Gasteiger partial charge in [-0.1, -0.05) is 30.3 Å². The Hall–Kier alpha value is -4.89. The van der Waals surface area contributed by atoms with Gasteiger partial charge in [0, 0.05) is 17.2 Å². The Kier molecular flexibility index (Phi) is 8.44. The molecule has 5 N–H and O–H groups in total. The average molecular weight is 520 g/mol. The summed E-state index contributed by atoms with van der Waals surface area (Å²) in [5.41, 5.74) is 7.16. The Balaban J connectivity index is 0.00000380. The number of rotatable bonds is 8. The number of esters is 1. The number of ether oxygens (including phenoxy) is 1. The van der Waals surface area contributed by atoms with Crippen molar-refractivity contribution in [3.63, 3.8) is 0 Å². The monoisotopic (exact) mass is 519 g/mol. The van der Waals surface area contributed by atoms with E-state index in [0.717, 1.165) is 16.8 Å². The molecule has 0 fully saturated rings. The molecule has 37 heavy (non-hydrogen) atoms. The standard InChI is InChI=1S/C27H21N3O6.ClH/c28-25(29)20-7-6-19-14-21(9-8-18(19)13-20)36-27(34)23-11-10-22(35-23)15-30-26(33)17-4-1-16(2-5-17)3-12-24(31)32;/h1-14H,15H2,(H3,28,29)(H,30,33)(H,31,32);1H/b12-3+;. The van der Waals surface area contributed by atoms with Gasteiger partial charge in [-0.05, 0) is 64.9 Å². The molecule has 0 saturated heterocycles. The van der Waals surface area contributed by atoms with E-state index in [-0.39, 0.29) is 36.5 Å². The molecule has 3 aromatic carbocycles. The first-order chi connectivity index (χ1) is 17.3. The fraction of sp³-hybridized carbons (Fsp3) is 0.0370. The van der Waals surface area contributed by atoms with Gasteiger partial charge in [0.1, 0.15) is 17.3 Å². The molecule has 4 rings (SSSR count). The highest BCUT2D eigenvalue weighted by molar-refractivity contribution is 5.99. The van der Waals surface area contributed by atoms with Crippen molar-refractivity contribution in [1.29, 1.82) is 5.41 Å². The predicted octanol–water partition coefficient (Wildman–Crippen LogP) is 4.39. The maximum Gasteiger partial charge on any atom is 0.379 e. The van der Waals surface area contributed by atoms with Gasteiger partial charge in [-0.25, -0.2) is 9.59 Å². The number of fused-ring (bicyclic) bond motifs is 1. The highest BCUT2D eigenvalue weighted by Gasteiger charge is 2.15. The lowest BCUT2D eigenvalue weighted by molar-refractivity contribution is -0.131. The number of nitrogen functional groups attached to an aromatic ring is 1. The first kappa shape index (κ1) is 26.7. The third kappa shape index (κ3) is 6.83. The van der Waals surface area contributed by atoms with Gasteiger partial charge < -0.3 is 25.3 Å². The minimum absolute atomic E-state index is 0. The van der Waals surface area contributed by atoms with Crippen LogP contribution in [0.4, 0.5) is 0 Å². The Bertz CT molecular complexity index is 1510. The maximum absolute atomic E-state index is 12.5. The predicted molar refractivity (Wildman–Crippen MR) is 140 cm³/mol. The second-order valence-corrected chi connectivity index (χ2v) is 7.77. The maximum atomic E-state index is 12.5. The quantitative estimate of drug-likeness (QED) is 0.0884. The van der Waals surface area contributed by atoms with Crippen molar-refractivity contribution in [2.24, 2.45) is 5.73 Å². The molecule has 0 bridgehead atoms. The van der Waals surface area contributed by atoms with Crippen molar-refractivity contribution in [1.82, 2.24) is 5.32 Å². The van der Waals surface area contributed by atoms with Crippen molar-refractivity contribution >= 4 is 52.9 Å². The summed E-state index contributed by atoms with van der Waals surface area (Å²) in [7, 11) is 0. The minimum Gasteiger partial charge on any atom is -0.478 e. The number of carbonyl (C=O) groups is 3. The lowest BCUT2D eigenvalue weighted by Gasteiger charge is -2.06. The summed E-state index contributed by atoms with van der Waals surface area (Å²) in [5, 5.41) is 20.6.